The van der Waals surface area contributed by atoms with Crippen LogP contribution in [0.3, 0.4) is 0 Å². The van der Waals surface area contributed by atoms with Crippen molar-refractivity contribution in [3.8, 4) is 0 Å². The molecule has 0 aromatic heterocycles. The Balaban J connectivity index is 3.17. The van der Waals surface area contributed by atoms with E-state index in [1.807, 2.05) is 0 Å². The highest BCUT2D eigenvalue weighted by atomic mass is 35.5. The molecular formula is C10H13ClN2O2S. The van der Waals surface area contributed by atoms with E-state index in [1.165, 1.54) is 35.6 Å². The minimum atomic E-state index is -3.52. The summed E-state index contributed by atoms with van der Waals surface area (Å²) in [4.78, 5) is 0.121. The smallest absolute Gasteiger partial charge is 0.243 e. The lowest BCUT2D eigenvalue weighted by atomic mass is 10.3. The van der Waals surface area contributed by atoms with Gasteiger partial charge in [-0.05, 0) is 18.2 Å². The Morgan fingerprint density at radius 2 is 2.19 bits per heavy atom. The molecule has 6 heteroatoms. The van der Waals surface area contributed by atoms with Gasteiger partial charge in [0.1, 0.15) is 0 Å². The third-order valence-corrected chi connectivity index (χ3v) is 4.21. The molecule has 88 valence electrons. The van der Waals surface area contributed by atoms with Crippen molar-refractivity contribution in [3.63, 3.8) is 0 Å². The second-order valence-electron chi connectivity index (χ2n) is 3.26. The van der Waals surface area contributed by atoms with Crippen LogP contribution in [0.1, 0.15) is 0 Å². The van der Waals surface area contributed by atoms with E-state index in [-0.39, 0.29) is 16.5 Å². The maximum absolute atomic E-state index is 12.0. The van der Waals surface area contributed by atoms with Crippen LogP contribution in [-0.4, -0.2) is 26.3 Å². The maximum Gasteiger partial charge on any atom is 0.243 e. The van der Waals surface area contributed by atoms with Crippen LogP contribution in [0.25, 0.3) is 0 Å². The zero-order valence-electron chi connectivity index (χ0n) is 8.85. The van der Waals surface area contributed by atoms with E-state index in [9.17, 15) is 8.42 Å². The summed E-state index contributed by atoms with van der Waals surface area (Å²) in [6.07, 6.45) is 1.51. The molecule has 0 aliphatic rings. The Morgan fingerprint density at radius 3 is 2.69 bits per heavy atom. The van der Waals surface area contributed by atoms with Gasteiger partial charge in [0.2, 0.25) is 10.0 Å². The molecule has 0 saturated heterocycles. The van der Waals surface area contributed by atoms with Crippen molar-refractivity contribution in [2.75, 3.05) is 19.3 Å². The average molecular weight is 261 g/mol. The van der Waals surface area contributed by atoms with Gasteiger partial charge < -0.3 is 5.73 Å². The second kappa shape index (κ2) is 4.86. The first kappa shape index (κ1) is 13.0. The van der Waals surface area contributed by atoms with Gasteiger partial charge in [-0.2, -0.15) is 4.31 Å². The first-order valence-corrected chi connectivity index (χ1v) is 6.33. The summed E-state index contributed by atoms with van der Waals surface area (Å²) >= 11 is 5.77. The lowest BCUT2D eigenvalue weighted by Crippen LogP contribution is -2.26. The van der Waals surface area contributed by atoms with Crippen LogP contribution in [0.5, 0.6) is 0 Å². The summed E-state index contributed by atoms with van der Waals surface area (Å²) < 4.78 is 25.1. The maximum atomic E-state index is 12.0. The molecule has 0 bridgehead atoms. The lowest BCUT2D eigenvalue weighted by molar-refractivity contribution is 0.499. The van der Waals surface area contributed by atoms with E-state index in [0.717, 1.165) is 0 Å². The van der Waals surface area contributed by atoms with Crippen LogP contribution in [-0.2, 0) is 10.0 Å². The fourth-order valence-electron chi connectivity index (χ4n) is 1.13. The van der Waals surface area contributed by atoms with Gasteiger partial charge in [0.25, 0.3) is 0 Å². The van der Waals surface area contributed by atoms with Crippen LogP contribution in [0.15, 0.2) is 35.7 Å². The summed E-state index contributed by atoms with van der Waals surface area (Å²) in [5.74, 6) is 0. The summed E-state index contributed by atoms with van der Waals surface area (Å²) in [5.41, 5.74) is 5.86. The molecule has 1 aromatic carbocycles. The highest BCUT2D eigenvalue weighted by Gasteiger charge is 2.20. The molecule has 16 heavy (non-hydrogen) atoms. The number of halogens is 1. The van der Waals surface area contributed by atoms with Crippen molar-refractivity contribution >= 4 is 27.3 Å². The number of rotatable bonds is 4. The fourth-order valence-corrected chi connectivity index (χ4v) is 2.54. The molecule has 0 amide bonds. The number of nitrogens with two attached hydrogens (primary N) is 1. The molecule has 1 rings (SSSR count). The van der Waals surface area contributed by atoms with Crippen LogP contribution in [0.4, 0.5) is 5.69 Å². The molecule has 0 aliphatic heterocycles. The molecule has 2 N–H and O–H groups in total. The summed E-state index contributed by atoms with van der Waals surface area (Å²) in [6, 6.07) is 4.24. The Labute approximate surface area is 100 Å². The number of nitrogens with zero attached hydrogens (tertiary/aromatic N) is 1. The van der Waals surface area contributed by atoms with Crippen molar-refractivity contribution in [3.05, 3.63) is 35.9 Å². The van der Waals surface area contributed by atoms with E-state index in [1.54, 1.807) is 0 Å². The molecule has 0 aliphatic carbocycles. The first-order chi connectivity index (χ1) is 7.39. The average Bonchev–Trinajstić information content (AvgIpc) is 2.22. The van der Waals surface area contributed by atoms with E-state index in [2.05, 4.69) is 6.58 Å². The largest absolute Gasteiger partial charge is 0.398 e. The lowest BCUT2D eigenvalue weighted by Gasteiger charge is -2.15. The van der Waals surface area contributed by atoms with E-state index in [4.69, 9.17) is 17.3 Å². The molecule has 0 radical (unpaired) electrons. The summed E-state index contributed by atoms with van der Waals surface area (Å²) in [6.45, 7) is 3.73. The van der Waals surface area contributed by atoms with Gasteiger partial charge in [-0.3, -0.25) is 0 Å². The standard InChI is InChI=1S/C10H13ClN2O2S/c1-3-6-13(2)16(14,15)8-4-5-10(12)9(11)7-8/h3-5,7H,1,6,12H2,2H3. The molecule has 4 nitrogen and oxygen atoms in total. The van der Waals surface area contributed by atoms with Crippen LogP contribution < -0.4 is 5.73 Å². The second-order valence-corrected chi connectivity index (χ2v) is 5.71. The summed E-state index contributed by atoms with van der Waals surface area (Å²) in [5, 5.41) is 0.230. The highest BCUT2D eigenvalue weighted by molar-refractivity contribution is 7.89. The monoisotopic (exact) mass is 260 g/mol. The topological polar surface area (TPSA) is 63.4 Å². The van der Waals surface area contributed by atoms with Crippen LogP contribution in [0.2, 0.25) is 5.02 Å². The zero-order chi connectivity index (χ0) is 12.3. The van der Waals surface area contributed by atoms with Gasteiger partial charge >= 0.3 is 0 Å². The Kier molecular flexibility index (Phi) is 3.96. The highest BCUT2D eigenvalue weighted by Crippen LogP contribution is 2.24. The van der Waals surface area contributed by atoms with Gasteiger partial charge in [-0.15, -0.1) is 6.58 Å². The molecule has 0 unspecified atom stereocenters. The van der Waals surface area contributed by atoms with E-state index < -0.39 is 10.0 Å². The SMILES string of the molecule is C=CCN(C)S(=O)(=O)c1ccc(N)c(Cl)c1. The predicted molar refractivity (Wildman–Crippen MR) is 65.9 cm³/mol. The summed E-state index contributed by atoms with van der Waals surface area (Å²) in [7, 11) is -2.04. The molecule has 0 heterocycles. The third-order valence-electron chi connectivity index (χ3n) is 2.07. The molecule has 0 fully saturated rings. The Morgan fingerprint density at radius 1 is 1.56 bits per heavy atom. The number of nitrogen functional groups attached to an aromatic ring is 1. The van der Waals surface area contributed by atoms with Crippen LogP contribution >= 0.6 is 11.6 Å². The van der Waals surface area contributed by atoms with Gasteiger partial charge in [0.05, 0.1) is 15.6 Å². The quantitative estimate of drug-likeness (QED) is 0.662. The fraction of sp³-hybridized carbons (Fsp3) is 0.200. The van der Waals surface area contributed by atoms with Gasteiger partial charge in [0, 0.05) is 13.6 Å². The predicted octanol–water partition coefficient (Wildman–Crippen LogP) is 1.73. The van der Waals surface area contributed by atoms with Crippen molar-refractivity contribution in [2.45, 2.75) is 4.90 Å². The first-order valence-electron chi connectivity index (χ1n) is 4.52. The molecule has 1 aromatic rings. The molecular weight excluding hydrogens is 248 g/mol. The zero-order valence-corrected chi connectivity index (χ0v) is 10.4. The number of likely N-dealkylation sites (N-methyl/N-ethyl adjacent to an activating group) is 1. The molecule has 0 spiro atoms. The van der Waals surface area contributed by atoms with Crippen molar-refractivity contribution in [1.82, 2.24) is 4.31 Å². The molecule has 0 atom stereocenters. The normalized spacial score (nSPS) is 11.7. The van der Waals surface area contributed by atoms with Crippen molar-refractivity contribution < 1.29 is 8.42 Å². The van der Waals surface area contributed by atoms with Gasteiger partial charge in [-0.25, -0.2) is 8.42 Å². The number of hydrogen-bond donors (Lipinski definition) is 1. The van der Waals surface area contributed by atoms with Gasteiger partial charge in [-0.1, -0.05) is 17.7 Å². The number of benzene rings is 1. The van der Waals surface area contributed by atoms with E-state index in [0.29, 0.717) is 5.69 Å². The minimum absolute atomic E-state index is 0.121. The Bertz CT molecular complexity index is 500. The number of anilines is 1. The number of hydrogen-bond acceptors (Lipinski definition) is 3. The van der Waals surface area contributed by atoms with Crippen LogP contribution in [0, 0.1) is 0 Å². The minimum Gasteiger partial charge on any atom is -0.398 e. The Hall–Kier alpha value is -1.04. The van der Waals surface area contributed by atoms with Crippen molar-refractivity contribution in [1.29, 1.82) is 0 Å². The van der Waals surface area contributed by atoms with E-state index >= 15 is 0 Å². The number of sulfonamides is 1. The third kappa shape index (κ3) is 2.55. The molecule has 0 saturated carbocycles. The van der Waals surface area contributed by atoms with Gasteiger partial charge in [0.15, 0.2) is 0 Å². The van der Waals surface area contributed by atoms with Crippen molar-refractivity contribution in [2.24, 2.45) is 0 Å².